The zero-order chi connectivity index (χ0) is 14.0. The van der Waals surface area contributed by atoms with Crippen molar-refractivity contribution in [1.29, 1.82) is 0 Å². The van der Waals surface area contributed by atoms with Crippen LogP contribution >= 0.6 is 15.9 Å². The maximum Gasteiger partial charge on any atom is 0.274 e. The van der Waals surface area contributed by atoms with E-state index in [4.69, 9.17) is 0 Å². The molecule has 0 fully saturated rings. The normalized spacial score (nSPS) is 10.3. The van der Waals surface area contributed by atoms with Crippen LogP contribution in [-0.2, 0) is 0 Å². The molecule has 7 heteroatoms. The molecule has 2 aromatic rings. The Bertz CT molecular complexity index is 649. The first kappa shape index (κ1) is 13.5. The average molecular weight is 331 g/mol. The minimum absolute atomic E-state index is 0.0631. The summed E-state index contributed by atoms with van der Waals surface area (Å²) in [6.45, 7) is 0. The molecular formula is C12H6BrF3N2O. The molecule has 2 rings (SSSR count). The highest BCUT2D eigenvalue weighted by Crippen LogP contribution is 2.23. The van der Waals surface area contributed by atoms with Crippen LogP contribution in [0.5, 0.6) is 0 Å². The Morgan fingerprint density at radius 3 is 2.58 bits per heavy atom. The minimum Gasteiger partial charge on any atom is -0.318 e. The Morgan fingerprint density at radius 1 is 1.16 bits per heavy atom. The highest BCUT2D eigenvalue weighted by molar-refractivity contribution is 9.10. The number of nitrogens with zero attached hydrogens (tertiary/aromatic N) is 1. The van der Waals surface area contributed by atoms with Gasteiger partial charge in [0.15, 0.2) is 0 Å². The summed E-state index contributed by atoms with van der Waals surface area (Å²) in [4.78, 5) is 15.0. The Labute approximate surface area is 114 Å². The molecule has 3 nitrogen and oxygen atoms in total. The van der Waals surface area contributed by atoms with Crippen molar-refractivity contribution in [2.75, 3.05) is 5.32 Å². The maximum absolute atomic E-state index is 13.5. The SMILES string of the molecule is O=C(Nc1cc(F)c(Br)cc1F)c1cccc(F)n1. The lowest BCUT2D eigenvalue weighted by atomic mass is 10.2. The van der Waals surface area contributed by atoms with Gasteiger partial charge in [-0.3, -0.25) is 4.79 Å². The zero-order valence-electron chi connectivity index (χ0n) is 9.25. The van der Waals surface area contributed by atoms with Gasteiger partial charge in [0.25, 0.3) is 5.91 Å². The largest absolute Gasteiger partial charge is 0.318 e. The van der Waals surface area contributed by atoms with Gasteiger partial charge in [-0.2, -0.15) is 4.39 Å². The Kier molecular flexibility index (Phi) is 3.84. The molecule has 0 bridgehead atoms. The van der Waals surface area contributed by atoms with E-state index < -0.39 is 23.5 Å². The van der Waals surface area contributed by atoms with E-state index >= 15 is 0 Å². The fraction of sp³-hybridized carbons (Fsp3) is 0. The fourth-order valence-electron chi connectivity index (χ4n) is 1.34. The summed E-state index contributed by atoms with van der Waals surface area (Å²) in [6, 6.07) is 5.30. The third-order valence-corrected chi connectivity index (χ3v) is 2.81. The summed E-state index contributed by atoms with van der Waals surface area (Å²) in [5, 5.41) is 2.12. The van der Waals surface area contributed by atoms with Gasteiger partial charge in [0, 0.05) is 6.07 Å². The number of carbonyl (C=O) groups is 1. The molecule has 1 aromatic carbocycles. The number of anilines is 1. The van der Waals surface area contributed by atoms with Gasteiger partial charge in [0.2, 0.25) is 5.95 Å². The van der Waals surface area contributed by atoms with Crippen molar-refractivity contribution in [3.8, 4) is 0 Å². The van der Waals surface area contributed by atoms with Crippen molar-refractivity contribution in [2.45, 2.75) is 0 Å². The summed E-state index contributed by atoms with van der Waals surface area (Å²) in [6.07, 6.45) is 0. The lowest BCUT2D eigenvalue weighted by molar-refractivity contribution is 0.102. The lowest BCUT2D eigenvalue weighted by Crippen LogP contribution is -2.15. The number of nitrogens with one attached hydrogen (secondary N) is 1. The van der Waals surface area contributed by atoms with Crippen molar-refractivity contribution < 1.29 is 18.0 Å². The van der Waals surface area contributed by atoms with Gasteiger partial charge in [0.05, 0.1) is 10.2 Å². The van der Waals surface area contributed by atoms with Crippen LogP contribution in [0.3, 0.4) is 0 Å². The maximum atomic E-state index is 13.5. The predicted molar refractivity (Wildman–Crippen MR) is 66.2 cm³/mol. The van der Waals surface area contributed by atoms with Crippen molar-refractivity contribution in [3.05, 3.63) is 58.1 Å². The summed E-state index contributed by atoms with van der Waals surface area (Å²) in [7, 11) is 0. The molecule has 19 heavy (non-hydrogen) atoms. The van der Waals surface area contributed by atoms with E-state index in [1.54, 1.807) is 0 Å². The third kappa shape index (κ3) is 3.11. The van der Waals surface area contributed by atoms with Crippen LogP contribution in [0.15, 0.2) is 34.8 Å². The molecule has 0 atom stereocenters. The summed E-state index contributed by atoms with van der Waals surface area (Å²) >= 11 is 2.81. The molecule has 1 amide bonds. The molecule has 0 radical (unpaired) electrons. The first-order valence-corrected chi connectivity index (χ1v) is 5.85. The molecule has 1 heterocycles. The van der Waals surface area contributed by atoms with E-state index in [0.717, 1.165) is 18.2 Å². The van der Waals surface area contributed by atoms with Gasteiger partial charge >= 0.3 is 0 Å². The molecule has 0 aliphatic heterocycles. The average Bonchev–Trinajstić information content (AvgIpc) is 2.36. The van der Waals surface area contributed by atoms with Gasteiger partial charge in [-0.05, 0) is 34.1 Å². The summed E-state index contributed by atoms with van der Waals surface area (Å²) in [5.41, 5.74) is -0.584. The van der Waals surface area contributed by atoms with Crippen LogP contribution < -0.4 is 5.32 Å². The Balaban J connectivity index is 2.27. The first-order valence-electron chi connectivity index (χ1n) is 5.06. The number of rotatable bonds is 2. The molecule has 1 aromatic heterocycles. The van der Waals surface area contributed by atoms with Gasteiger partial charge in [-0.25, -0.2) is 13.8 Å². The fourth-order valence-corrected chi connectivity index (χ4v) is 1.65. The van der Waals surface area contributed by atoms with Gasteiger partial charge in [-0.15, -0.1) is 0 Å². The van der Waals surface area contributed by atoms with E-state index in [2.05, 4.69) is 26.2 Å². The molecule has 0 aliphatic carbocycles. The number of halogens is 4. The second-order valence-corrected chi connectivity index (χ2v) is 4.40. The number of carbonyl (C=O) groups excluding carboxylic acids is 1. The predicted octanol–water partition coefficient (Wildman–Crippen LogP) is 3.51. The van der Waals surface area contributed by atoms with Crippen molar-refractivity contribution in [2.24, 2.45) is 0 Å². The molecule has 0 unspecified atom stereocenters. The van der Waals surface area contributed by atoms with E-state index in [1.807, 2.05) is 0 Å². The topological polar surface area (TPSA) is 42.0 Å². The van der Waals surface area contributed by atoms with Crippen LogP contribution in [0.25, 0.3) is 0 Å². The van der Waals surface area contributed by atoms with Crippen molar-refractivity contribution >= 4 is 27.5 Å². The number of benzene rings is 1. The summed E-state index contributed by atoms with van der Waals surface area (Å²) in [5.74, 6) is -3.22. The number of pyridine rings is 1. The Morgan fingerprint density at radius 2 is 1.89 bits per heavy atom. The number of aromatic nitrogens is 1. The zero-order valence-corrected chi connectivity index (χ0v) is 10.8. The molecule has 0 saturated heterocycles. The third-order valence-electron chi connectivity index (χ3n) is 2.21. The molecule has 1 N–H and O–H groups in total. The van der Waals surface area contributed by atoms with Gasteiger partial charge in [-0.1, -0.05) is 6.07 Å². The highest BCUT2D eigenvalue weighted by Gasteiger charge is 2.13. The van der Waals surface area contributed by atoms with E-state index in [9.17, 15) is 18.0 Å². The molecule has 98 valence electrons. The lowest BCUT2D eigenvalue weighted by Gasteiger charge is -2.07. The van der Waals surface area contributed by atoms with E-state index in [-0.39, 0.29) is 15.9 Å². The second-order valence-electron chi connectivity index (χ2n) is 3.55. The molecule has 0 aliphatic rings. The van der Waals surface area contributed by atoms with Gasteiger partial charge in [0.1, 0.15) is 17.3 Å². The van der Waals surface area contributed by atoms with Crippen molar-refractivity contribution in [3.63, 3.8) is 0 Å². The van der Waals surface area contributed by atoms with Crippen LogP contribution in [0.4, 0.5) is 18.9 Å². The second kappa shape index (κ2) is 5.40. The smallest absolute Gasteiger partial charge is 0.274 e. The molecular weight excluding hydrogens is 325 g/mol. The summed E-state index contributed by atoms with van der Waals surface area (Å²) < 4.78 is 39.5. The van der Waals surface area contributed by atoms with Gasteiger partial charge < -0.3 is 5.32 Å². The van der Waals surface area contributed by atoms with Crippen LogP contribution in [0.1, 0.15) is 10.5 Å². The van der Waals surface area contributed by atoms with E-state index in [0.29, 0.717) is 0 Å². The highest BCUT2D eigenvalue weighted by atomic mass is 79.9. The quantitative estimate of drug-likeness (QED) is 0.676. The standard InChI is InChI=1S/C12H6BrF3N2O/c13-6-4-8(15)10(5-7(6)14)18-12(19)9-2-1-3-11(16)17-9/h1-5H,(H,18,19). The number of hydrogen-bond donors (Lipinski definition) is 1. The monoisotopic (exact) mass is 330 g/mol. The van der Waals surface area contributed by atoms with Crippen LogP contribution in [0, 0.1) is 17.6 Å². The van der Waals surface area contributed by atoms with Crippen molar-refractivity contribution in [1.82, 2.24) is 4.98 Å². The Hall–Kier alpha value is -1.89. The van der Waals surface area contributed by atoms with Crippen LogP contribution in [0.2, 0.25) is 0 Å². The van der Waals surface area contributed by atoms with Crippen LogP contribution in [-0.4, -0.2) is 10.9 Å². The minimum atomic E-state index is -0.838. The molecule has 0 saturated carbocycles. The first-order chi connectivity index (χ1) is 8.97. The molecule has 0 spiro atoms. The number of hydrogen-bond acceptors (Lipinski definition) is 2. The number of amides is 1. The van der Waals surface area contributed by atoms with E-state index in [1.165, 1.54) is 12.1 Å².